The van der Waals surface area contributed by atoms with E-state index in [9.17, 15) is 0 Å². The Bertz CT molecular complexity index is 1520. The van der Waals surface area contributed by atoms with Gasteiger partial charge in [0.15, 0.2) is 12.6 Å². The molecule has 7 heteroatoms. The predicted octanol–water partition coefficient (Wildman–Crippen LogP) is 10.8. The maximum atomic E-state index is 15.0. The molecule has 0 amide bonds. The van der Waals surface area contributed by atoms with Gasteiger partial charge in [-0.3, -0.25) is 0 Å². The summed E-state index contributed by atoms with van der Waals surface area (Å²) in [5.74, 6) is 0.402. The molecule has 2 heterocycles. The summed E-state index contributed by atoms with van der Waals surface area (Å²) in [5.41, 5.74) is 6.62. The number of hydrogen-bond donors (Lipinski definition) is 0. The van der Waals surface area contributed by atoms with E-state index in [4.69, 9.17) is 23.7 Å². The molecule has 0 bridgehead atoms. The van der Waals surface area contributed by atoms with Crippen molar-refractivity contribution in [1.82, 2.24) is 0 Å². The highest BCUT2D eigenvalue weighted by atomic mass is 19.1. The Morgan fingerprint density at radius 2 is 0.902 bits per heavy atom. The fourth-order valence-corrected chi connectivity index (χ4v) is 6.78. The highest BCUT2D eigenvalue weighted by molar-refractivity contribution is 5.65. The van der Waals surface area contributed by atoms with Crippen molar-refractivity contribution >= 4 is 0 Å². The van der Waals surface area contributed by atoms with Crippen molar-refractivity contribution in [3.8, 4) is 22.3 Å². The first-order chi connectivity index (χ1) is 25.0. The topological polar surface area (TPSA) is 46.2 Å². The van der Waals surface area contributed by atoms with E-state index in [0.29, 0.717) is 49.0 Å². The Morgan fingerprint density at radius 3 is 1.25 bits per heavy atom. The number of ether oxygens (including phenoxy) is 5. The molecule has 272 valence electrons. The van der Waals surface area contributed by atoms with Crippen LogP contribution in [0.3, 0.4) is 0 Å². The molecule has 0 spiro atoms. The Kier molecular flexibility index (Phi) is 13.8. The van der Waals surface area contributed by atoms with Gasteiger partial charge in [-0.15, -0.1) is 0 Å². The zero-order chi connectivity index (χ0) is 35.4. The van der Waals surface area contributed by atoms with Crippen LogP contribution in [0.2, 0.25) is 0 Å². The minimum atomic E-state index is -0.350. The largest absolute Gasteiger partial charge is 0.381 e. The molecule has 0 atom stereocenters. The molecule has 2 aliphatic rings. The summed E-state index contributed by atoms with van der Waals surface area (Å²) in [6, 6.07) is 26.5. The molecule has 2 saturated heterocycles. The summed E-state index contributed by atoms with van der Waals surface area (Å²) in [7, 11) is 0. The smallest absolute Gasteiger partial charge is 0.183 e. The molecule has 0 aromatic heterocycles. The van der Waals surface area contributed by atoms with E-state index in [2.05, 4.69) is 13.8 Å². The molecule has 6 rings (SSSR count). The third-order valence-corrected chi connectivity index (χ3v) is 10.0. The highest BCUT2D eigenvalue weighted by Gasteiger charge is 2.24. The lowest BCUT2D eigenvalue weighted by Crippen LogP contribution is -2.27. The van der Waals surface area contributed by atoms with Gasteiger partial charge in [0.25, 0.3) is 0 Å². The van der Waals surface area contributed by atoms with E-state index < -0.39 is 0 Å². The average molecular weight is 699 g/mol. The second kappa shape index (κ2) is 18.9. The van der Waals surface area contributed by atoms with Gasteiger partial charge in [-0.2, -0.15) is 0 Å². The number of halogens is 2. The van der Waals surface area contributed by atoms with Crippen LogP contribution in [0.4, 0.5) is 8.78 Å². The van der Waals surface area contributed by atoms with Crippen LogP contribution in [-0.4, -0.2) is 39.6 Å². The lowest BCUT2D eigenvalue weighted by molar-refractivity contribution is -0.206. The van der Waals surface area contributed by atoms with Crippen LogP contribution in [0.5, 0.6) is 0 Å². The number of rotatable bonds is 16. The molecule has 5 nitrogen and oxygen atoms in total. The van der Waals surface area contributed by atoms with Crippen LogP contribution < -0.4 is 0 Å². The fraction of sp³-hybridized carbons (Fsp3) is 0.455. The normalized spacial score (nSPS) is 20.8. The highest BCUT2D eigenvalue weighted by Crippen LogP contribution is 2.31. The monoisotopic (exact) mass is 698 g/mol. The molecular formula is C44H52F2O5. The van der Waals surface area contributed by atoms with Gasteiger partial charge in [-0.1, -0.05) is 112 Å². The summed E-state index contributed by atoms with van der Waals surface area (Å²) in [6.07, 6.45) is 7.20. The molecular weight excluding hydrogens is 646 g/mol. The van der Waals surface area contributed by atoms with Crippen LogP contribution in [-0.2, 0) is 36.5 Å². The fourth-order valence-electron chi connectivity index (χ4n) is 6.78. The van der Waals surface area contributed by atoms with Crippen LogP contribution >= 0.6 is 0 Å². The van der Waals surface area contributed by atoms with Gasteiger partial charge in [0.05, 0.1) is 39.6 Å². The van der Waals surface area contributed by atoms with Crippen LogP contribution in [0.15, 0.2) is 84.9 Å². The molecule has 0 radical (unpaired) electrons. The van der Waals surface area contributed by atoms with Gasteiger partial charge >= 0.3 is 0 Å². The van der Waals surface area contributed by atoms with E-state index in [1.54, 1.807) is 12.1 Å². The van der Waals surface area contributed by atoms with Crippen molar-refractivity contribution in [1.29, 1.82) is 0 Å². The Labute approximate surface area is 302 Å². The second-order valence-corrected chi connectivity index (χ2v) is 14.0. The van der Waals surface area contributed by atoms with Crippen molar-refractivity contribution in [2.75, 3.05) is 39.6 Å². The van der Waals surface area contributed by atoms with Crippen molar-refractivity contribution in [3.63, 3.8) is 0 Å². The van der Waals surface area contributed by atoms with Gasteiger partial charge in [0.2, 0.25) is 0 Å². The molecule has 0 N–H and O–H groups in total. The summed E-state index contributed by atoms with van der Waals surface area (Å²) >= 11 is 0. The van der Waals surface area contributed by atoms with Crippen molar-refractivity contribution < 1.29 is 32.5 Å². The Balaban J connectivity index is 0.923. The third-order valence-electron chi connectivity index (χ3n) is 10.0. The van der Waals surface area contributed by atoms with Gasteiger partial charge in [-0.05, 0) is 71.2 Å². The van der Waals surface area contributed by atoms with E-state index in [0.717, 1.165) is 72.6 Å². The number of hydrogen-bond acceptors (Lipinski definition) is 5. The first-order valence-electron chi connectivity index (χ1n) is 18.8. The average Bonchev–Trinajstić information content (AvgIpc) is 3.17. The zero-order valence-corrected chi connectivity index (χ0v) is 30.1. The van der Waals surface area contributed by atoms with Gasteiger partial charge < -0.3 is 23.7 Å². The SMILES string of the molecule is CCCCC1COC(c2ccc(-c3ccc(CCOCCc4ccc(-c5ccc(C6OCC(CCCC)CO6)cc5)cc4F)c(F)c3)cc2)OC1. The van der Waals surface area contributed by atoms with Crippen molar-refractivity contribution in [3.05, 3.63) is 119 Å². The minimum absolute atomic E-state index is 0.262. The lowest BCUT2D eigenvalue weighted by Gasteiger charge is -2.29. The van der Waals surface area contributed by atoms with Crippen molar-refractivity contribution in [2.24, 2.45) is 11.8 Å². The zero-order valence-electron chi connectivity index (χ0n) is 30.1. The quantitative estimate of drug-likeness (QED) is 0.109. The van der Waals surface area contributed by atoms with E-state index in [1.165, 1.54) is 25.7 Å². The maximum Gasteiger partial charge on any atom is 0.183 e. The van der Waals surface area contributed by atoms with Gasteiger partial charge in [0, 0.05) is 23.0 Å². The van der Waals surface area contributed by atoms with Gasteiger partial charge in [0.1, 0.15) is 11.6 Å². The molecule has 0 unspecified atom stereocenters. The molecule has 0 aliphatic carbocycles. The Hall–Kier alpha value is -3.46. The summed E-state index contributed by atoms with van der Waals surface area (Å²) in [4.78, 5) is 0. The van der Waals surface area contributed by atoms with Crippen LogP contribution in [0.25, 0.3) is 22.3 Å². The molecule has 51 heavy (non-hydrogen) atoms. The molecule has 4 aromatic rings. The molecule has 2 fully saturated rings. The van der Waals surface area contributed by atoms with Crippen LogP contribution in [0, 0.1) is 23.5 Å². The van der Waals surface area contributed by atoms with Crippen molar-refractivity contribution in [2.45, 2.75) is 77.8 Å². The summed E-state index contributed by atoms with van der Waals surface area (Å²) in [6.45, 7) is 7.97. The molecule has 0 saturated carbocycles. The lowest BCUT2D eigenvalue weighted by atomic mass is 10.0. The van der Waals surface area contributed by atoms with Gasteiger partial charge in [-0.25, -0.2) is 8.78 Å². The summed E-state index contributed by atoms with van der Waals surface area (Å²) in [5, 5.41) is 0. The third kappa shape index (κ3) is 10.3. The van der Waals surface area contributed by atoms with E-state index >= 15 is 8.78 Å². The minimum Gasteiger partial charge on any atom is -0.381 e. The standard InChI is InChI=1S/C44H52F2O5/c1-3-5-7-31-27-48-43(49-28-31)37-15-9-33(10-16-37)39-19-13-35(41(45)25-39)21-23-47-24-22-36-14-20-40(26-42(36)46)34-11-17-38(18-12-34)44-50-29-32(30-51-44)8-6-4-2/h9-20,25-26,31-32,43-44H,3-8,21-24,27-30H2,1-2H3. The first-order valence-corrected chi connectivity index (χ1v) is 18.8. The second-order valence-electron chi connectivity index (χ2n) is 14.0. The maximum absolute atomic E-state index is 15.0. The summed E-state index contributed by atoms with van der Waals surface area (Å²) < 4.78 is 59.8. The first kappa shape index (κ1) is 37.3. The van der Waals surface area contributed by atoms with Crippen LogP contribution in [0.1, 0.15) is 87.2 Å². The van der Waals surface area contributed by atoms with E-state index in [-0.39, 0.29) is 24.2 Å². The molecule has 2 aliphatic heterocycles. The molecule has 4 aromatic carbocycles. The number of benzene rings is 4. The predicted molar refractivity (Wildman–Crippen MR) is 197 cm³/mol. The Morgan fingerprint density at radius 1 is 0.529 bits per heavy atom. The van der Waals surface area contributed by atoms with E-state index in [1.807, 2.05) is 72.8 Å². The number of unbranched alkanes of at least 4 members (excludes halogenated alkanes) is 2.